The Morgan fingerprint density at radius 1 is 1.17 bits per heavy atom. The zero-order chi connectivity index (χ0) is 17.4. The Morgan fingerprint density at radius 3 is 2.42 bits per heavy atom. The fourth-order valence-electron chi connectivity index (χ4n) is 3.03. The fourth-order valence-corrected chi connectivity index (χ4v) is 3.03. The molecule has 1 aliphatic rings. The van der Waals surface area contributed by atoms with Crippen LogP contribution in [0.4, 0.5) is 10.5 Å². The van der Waals surface area contributed by atoms with Gasteiger partial charge in [-0.2, -0.15) is 0 Å². The molecule has 132 valence electrons. The van der Waals surface area contributed by atoms with Crippen LogP contribution in [0.15, 0.2) is 24.3 Å². The van der Waals surface area contributed by atoms with Gasteiger partial charge in [0, 0.05) is 30.1 Å². The van der Waals surface area contributed by atoms with Gasteiger partial charge < -0.3 is 15.0 Å². The Bertz CT molecular complexity index is 537. The second kappa shape index (κ2) is 9.27. The zero-order valence-electron chi connectivity index (χ0n) is 14.6. The topological polar surface area (TPSA) is 71.9 Å². The van der Waals surface area contributed by atoms with Gasteiger partial charge in [-0.25, -0.2) is 4.79 Å². The van der Waals surface area contributed by atoms with Crippen molar-refractivity contribution >= 4 is 17.7 Å². The van der Waals surface area contributed by atoms with Gasteiger partial charge in [0.1, 0.15) is 0 Å². The van der Waals surface area contributed by atoms with Crippen molar-refractivity contribution in [2.75, 3.05) is 31.6 Å². The molecule has 6 heteroatoms. The molecule has 0 saturated carbocycles. The van der Waals surface area contributed by atoms with Crippen molar-refractivity contribution in [1.82, 2.24) is 5.32 Å². The van der Waals surface area contributed by atoms with E-state index >= 15 is 0 Å². The van der Waals surface area contributed by atoms with Crippen LogP contribution in [0.3, 0.4) is 0 Å². The first-order valence-electron chi connectivity index (χ1n) is 8.80. The first-order valence-corrected chi connectivity index (χ1v) is 8.80. The van der Waals surface area contributed by atoms with E-state index in [0.29, 0.717) is 17.9 Å². The normalized spacial score (nSPS) is 20.2. The highest BCUT2D eigenvalue weighted by Crippen LogP contribution is 2.11. The number of quaternary nitrogens is 1. The Hall–Kier alpha value is -2.08. The van der Waals surface area contributed by atoms with Crippen LogP contribution < -0.4 is 15.5 Å². The van der Waals surface area contributed by atoms with Gasteiger partial charge in [0.2, 0.25) is 0 Å². The maximum atomic E-state index is 12.3. The number of nitrogens with one attached hydrogen (secondary N) is 3. The number of rotatable bonds is 6. The SMILES string of the molecule is CCC[NH+]1CCC(NC(=O)c2ccc(NC(=O)OCC)cc2)CC1. The van der Waals surface area contributed by atoms with Crippen LogP contribution in [0.2, 0.25) is 0 Å². The number of hydrogen-bond acceptors (Lipinski definition) is 3. The fraction of sp³-hybridized carbons (Fsp3) is 0.556. The molecule has 0 bridgehead atoms. The van der Waals surface area contributed by atoms with Crippen LogP contribution in [0.25, 0.3) is 0 Å². The van der Waals surface area contributed by atoms with E-state index in [1.807, 2.05) is 0 Å². The lowest BCUT2D eigenvalue weighted by molar-refractivity contribution is -0.905. The molecular weight excluding hydrogens is 306 g/mol. The van der Waals surface area contributed by atoms with Gasteiger partial charge in [0.15, 0.2) is 0 Å². The Balaban J connectivity index is 1.81. The quantitative estimate of drug-likeness (QED) is 0.737. The van der Waals surface area contributed by atoms with Crippen molar-refractivity contribution in [3.63, 3.8) is 0 Å². The highest BCUT2D eigenvalue weighted by Gasteiger charge is 2.23. The smallest absolute Gasteiger partial charge is 0.411 e. The summed E-state index contributed by atoms with van der Waals surface area (Å²) in [6.07, 6.45) is 2.78. The minimum atomic E-state index is -0.490. The minimum absolute atomic E-state index is 0.0540. The van der Waals surface area contributed by atoms with Crippen molar-refractivity contribution in [2.24, 2.45) is 0 Å². The molecule has 0 aliphatic carbocycles. The van der Waals surface area contributed by atoms with E-state index in [9.17, 15) is 9.59 Å². The maximum Gasteiger partial charge on any atom is 0.411 e. The molecule has 1 aromatic rings. The Labute approximate surface area is 143 Å². The van der Waals surface area contributed by atoms with Gasteiger partial charge >= 0.3 is 6.09 Å². The number of carbonyl (C=O) groups is 2. The number of likely N-dealkylation sites (tertiary alicyclic amines) is 1. The minimum Gasteiger partial charge on any atom is -0.450 e. The molecule has 1 saturated heterocycles. The maximum absolute atomic E-state index is 12.3. The second-order valence-electron chi connectivity index (χ2n) is 6.17. The van der Waals surface area contributed by atoms with Gasteiger partial charge in [-0.05, 0) is 37.6 Å². The zero-order valence-corrected chi connectivity index (χ0v) is 14.6. The van der Waals surface area contributed by atoms with Crippen LogP contribution in [0, 0.1) is 0 Å². The number of ether oxygens (including phenoxy) is 1. The summed E-state index contributed by atoms with van der Waals surface area (Å²) in [6.45, 7) is 7.76. The third-order valence-corrected chi connectivity index (χ3v) is 4.30. The van der Waals surface area contributed by atoms with Crippen LogP contribution >= 0.6 is 0 Å². The molecule has 2 rings (SSSR count). The molecule has 1 heterocycles. The number of benzene rings is 1. The summed E-state index contributed by atoms with van der Waals surface area (Å²) >= 11 is 0. The predicted octanol–water partition coefficient (Wildman–Crippen LogP) is 1.44. The lowest BCUT2D eigenvalue weighted by Gasteiger charge is -2.29. The number of carbonyl (C=O) groups excluding carboxylic acids is 2. The van der Waals surface area contributed by atoms with Gasteiger partial charge in [0.05, 0.1) is 26.2 Å². The van der Waals surface area contributed by atoms with Crippen molar-refractivity contribution in [1.29, 1.82) is 0 Å². The molecule has 24 heavy (non-hydrogen) atoms. The second-order valence-corrected chi connectivity index (χ2v) is 6.17. The van der Waals surface area contributed by atoms with E-state index in [0.717, 1.165) is 25.9 Å². The standard InChI is InChI=1S/C18H27N3O3/c1-3-11-21-12-9-16(10-13-21)19-17(22)14-5-7-15(8-6-14)20-18(23)24-4-2/h5-8,16H,3-4,9-13H2,1-2H3,(H,19,22)(H,20,23)/p+1. The summed E-state index contributed by atoms with van der Waals surface area (Å²) in [4.78, 5) is 25.3. The molecule has 0 unspecified atom stereocenters. The van der Waals surface area contributed by atoms with Crippen molar-refractivity contribution < 1.29 is 19.2 Å². The molecule has 1 aliphatic heterocycles. The van der Waals surface area contributed by atoms with Crippen LogP contribution in [0.1, 0.15) is 43.5 Å². The van der Waals surface area contributed by atoms with Crippen molar-refractivity contribution in [2.45, 2.75) is 39.2 Å². The molecule has 3 N–H and O–H groups in total. The molecule has 1 aromatic carbocycles. The summed E-state index contributed by atoms with van der Waals surface area (Å²) in [5.41, 5.74) is 1.22. The molecule has 0 spiro atoms. The monoisotopic (exact) mass is 334 g/mol. The van der Waals surface area contributed by atoms with E-state index in [4.69, 9.17) is 4.74 Å². The third kappa shape index (κ3) is 5.53. The van der Waals surface area contributed by atoms with Gasteiger partial charge in [-0.1, -0.05) is 6.92 Å². The Morgan fingerprint density at radius 2 is 1.83 bits per heavy atom. The van der Waals surface area contributed by atoms with E-state index in [2.05, 4.69) is 17.6 Å². The van der Waals surface area contributed by atoms with Gasteiger partial charge in [0.25, 0.3) is 5.91 Å². The average Bonchev–Trinajstić information content (AvgIpc) is 2.57. The first kappa shape index (κ1) is 18.3. The first-order chi connectivity index (χ1) is 11.6. The van der Waals surface area contributed by atoms with Crippen LogP contribution in [-0.2, 0) is 4.74 Å². The number of hydrogen-bond donors (Lipinski definition) is 3. The molecular formula is C18H28N3O3+. The molecule has 0 aromatic heterocycles. The third-order valence-electron chi connectivity index (χ3n) is 4.30. The molecule has 6 nitrogen and oxygen atoms in total. The molecule has 1 fully saturated rings. The summed E-state index contributed by atoms with van der Waals surface area (Å²) in [5, 5.41) is 5.73. The Kier molecular flexibility index (Phi) is 7.06. The number of anilines is 1. The molecule has 0 atom stereocenters. The largest absolute Gasteiger partial charge is 0.450 e. The van der Waals surface area contributed by atoms with Crippen LogP contribution in [-0.4, -0.2) is 44.3 Å². The predicted molar refractivity (Wildman–Crippen MR) is 93.4 cm³/mol. The lowest BCUT2D eigenvalue weighted by atomic mass is 10.0. The lowest BCUT2D eigenvalue weighted by Crippen LogP contribution is -3.13. The summed E-state index contributed by atoms with van der Waals surface area (Å²) in [7, 11) is 0. The molecule has 2 amide bonds. The number of amides is 2. The van der Waals surface area contributed by atoms with E-state index in [1.165, 1.54) is 13.0 Å². The van der Waals surface area contributed by atoms with E-state index < -0.39 is 6.09 Å². The summed E-state index contributed by atoms with van der Waals surface area (Å²) < 4.78 is 4.82. The highest BCUT2D eigenvalue weighted by atomic mass is 16.5. The van der Waals surface area contributed by atoms with Crippen molar-refractivity contribution in [3.05, 3.63) is 29.8 Å². The highest BCUT2D eigenvalue weighted by molar-refractivity contribution is 5.95. The average molecular weight is 334 g/mol. The summed E-state index contributed by atoms with van der Waals surface area (Å²) in [6, 6.07) is 7.11. The summed E-state index contributed by atoms with van der Waals surface area (Å²) in [5.74, 6) is -0.0540. The number of piperidine rings is 1. The van der Waals surface area contributed by atoms with E-state index in [-0.39, 0.29) is 11.9 Å². The molecule has 0 radical (unpaired) electrons. The van der Waals surface area contributed by atoms with Crippen LogP contribution in [0.5, 0.6) is 0 Å². The van der Waals surface area contributed by atoms with Gasteiger partial charge in [-0.15, -0.1) is 0 Å². The van der Waals surface area contributed by atoms with Gasteiger partial charge in [-0.3, -0.25) is 10.1 Å². The van der Waals surface area contributed by atoms with E-state index in [1.54, 1.807) is 36.1 Å². The van der Waals surface area contributed by atoms with Crippen molar-refractivity contribution in [3.8, 4) is 0 Å².